The monoisotopic (exact) mass is 404 g/mol. The highest BCUT2D eigenvalue weighted by atomic mass is 79.9. The van der Waals surface area contributed by atoms with Gasteiger partial charge in [0.2, 0.25) is 11.8 Å². The molecule has 0 aromatic heterocycles. The van der Waals surface area contributed by atoms with Gasteiger partial charge in [0.1, 0.15) is 5.82 Å². The number of amides is 2. The molecule has 4 nitrogen and oxygen atoms in total. The minimum Gasteiger partial charge on any atom is -0.352 e. The van der Waals surface area contributed by atoms with E-state index in [1.54, 1.807) is 23.1 Å². The van der Waals surface area contributed by atoms with Gasteiger partial charge in [0.25, 0.3) is 0 Å². The number of carbonyl (C=O) groups excluding carboxylic acids is 2. The molecule has 6 heteroatoms. The lowest BCUT2D eigenvalue weighted by atomic mass is 10.1. The van der Waals surface area contributed by atoms with Crippen molar-refractivity contribution in [1.82, 2.24) is 10.2 Å². The van der Waals surface area contributed by atoms with Gasteiger partial charge >= 0.3 is 0 Å². The van der Waals surface area contributed by atoms with Crippen molar-refractivity contribution in [3.63, 3.8) is 0 Å². The topological polar surface area (TPSA) is 49.4 Å². The zero-order valence-corrected chi connectivity index (χ0v) is 15.1. The minimum atomic E-state index is -0.397. The Hall–Kier alpha value is -2.21. The van der Waals surface area contributed by atoms with Gasteiger partial charge in [0, 0.05) is 36.1 Å². The summed E-state index contributed by atoms with van der Waals surface area (Å²) in [5.41, 5.74) is 1.45. The molecule has 130 valence electrons. The summed E-state index contributed by atoms with van der Waals surface area (Å²) in [5, 5.41) is 2.73. The van der Waals surface area contributed by atoms with Crippen LogP contribution >= 0.6 is 15.9 Å². The highest BCUT2D eigenvalue weighted by Gasteiger charge is 2.34. The molecule has 0 radical (unpaired) electrons. The number of hydrogen-bond acceptors (Lipinski definition) is 2. The summed E-state index contributed by atoms with van der Waals surface area (Å²) in [4.78, 5) is 26.2. The van der Waals surface area contributed by atoms with E-state index in [0.29, 0.717) is 18.7 Å². The van der Waals surface area contributed by atoms with Crippen molar-refractivity contribution in [2.45, 2.75) is 19.5 Å². The van der Waals surface area contributed by atoms with E-state index in [4.69, 9.17) is 0 Å². The molecule has 2 aromatic carbocycles. The van der Waals surface area contributed by atoms with Gasteiger partial charge in [-0.3, -0.25) is 9.59 Å². The molecule has 1 saturated heterocycles. The highest BCUT2D eigenvalue weighted by Crippen LogP contribution is 2.22. The standard InChI is InChI=1S/C19H18BrFN2O2/c20-16-6-3-4-13(8-16)11-23-12-15(9-18(23)24)19(25)22-10-14-5-1-2-7-17(14)21/h1-8,15H,9-12H2,(H,22,25)/t15-/m0/s1. The van der Waals surface area contributed by atoms with E-state index in [1.165, 1.54) is 6.07 Å². The SMILES string of the molecule is O=C(NCc1ccccc1F)[C@H]1CC(=O)N(Cc2cccc(Br)c2)C1. The van der Waals surface area contributed by atoms with Crippen LogP contribution in [0.4, 0.5) is 4.39 Å². The third-order valence-corrected chi connectivity index (χ3v) is 4.75. The van der Waals surface area contributed by atoms with Crippen LogP contribution in [0.3, 0.4) is 0 Å². The molecular formula is C19H18BrFN2O2. The third-order valence-electron chi connectivity index (χ3n) is 4.26. The van der Waals surface area contributed by atoms with Crippen LogP contribution in [0.1, 0.15) is 17.5 Å². The second-order valence-corrected chi connectivity index (χ2v) is 7.03. The Kier molecular flexibility index (Phi) is 5.48. The second kappa shape index (κ2) is 7.78. The second-order valence-electron chi connectivity index (χ2n) is 6.11. The molecule has 1 aliphatic heterocycles. The maximum atomic E-state index is 13.6. The first kappa shape index (κ1) is 17.6. The summed E-state index contributed by atoms with van der Waals surface area (Å²) >= 11 is 3.41. The number of benzene rings is 2. The number of nitrogens with zero attached hydrogens (tertiary/aromatic N) is 1. The number of likely N-dealkylation sites (tertiary alicyclic amines) is 1. The maximum Gasteiger partial charge on any atom is 0.225 e. The smallest absolute Gasteiger partial charge is 0.225 e. The molecule has 3 rings (SSSR count). The van der Waals surface area contributed by atoms with Crippen LogP contribution in [0.25, 0.3) is 0 Å². The summed E-state index contributed by atoms with van der Waals surface area (Å²) in [5.74, 6) is -0.993. The quantitative estimate of drug-likeness (QED) is 0.831. The first-order valence-corrected chi connectivity index (χ1v) is 8.85. The summed E-state index contributed by atoms with van der Waals surface area (Å²) in [6.07, 6.45) is 0.192. The Morgan fingerprint density at radius 3 is 2.80 bits per heavy atom. The van der Waals surface area contributed by atoms with Crippen molar-refractivity contribution in [1.29, 1.82) is 0 Å². The van der Waals surface area contributed by atoms with Crippen molar-refractivity contribution < 1.29 is 14.0 Å². The maximum absolute atomic E-state index is 13.6. The zero-order valence-electron chi connectivity index (χ0n) is 13.5. The fraction of sp³-hybridized carbons (Fsp3) is 0.263. The predicted molar refractivity (Wildman–Crippen MR) is 95.9 cm³/mol. The molecule has 1 atom stereocenters. The van der Waals surface area contributed by atoms with E-state index in [-0.39, 0.29) is 30.6 Å². The highest BCUT2D eigenvalue weighted by molar-refractivity contribution is 9.10. The molecule has 2 aromatic rings. The molecule has 1 N–H and O–H groups in total. The van der Waals surface area contributed by atoms with Gasteiger partial charge < -0.3 is 10.2 Å². The van der Waals surface area contributed by atoms with Gasteiger partial charge in [-0.05, 0) is 23.8 Å². The first-order valence-electron chi connectivity index (χ1n) is 8.06. The van der Waals surface area contributed by atoms with Gasteiger partial charge in [-0.2, -0.15) is 0 Å². The molecule has 1 aliphatic rings. The van der Waals surface area contributed by atoms with Gasteiger partial charge in [-0.25, -0.2) is 4.39 Å². The lowest BCUT2D eigenvalue weighted by Gasteiger charge is -2.17. The van der Waals surface area contributed by atoms with Crippen molar-refractivity contribution in [3.8, 4) is 0 Å². The largest absolute Gasteiger partial charge is 0.352 e. The van der Waals surface area contributed by atoms with Crippen LogP contribution in [0.15, 0.2) is 53.0 Å². The molecule has 1 heterocycles. The average molecular weight is 405 g/mol. The average Bonchev–Trinajstić information content (AvgIpc) is 2.95. The number of carbonyl (C=O) groups is 2. The molecule has 0 saturated carbocycles. The minimum absolute atomic E-state index is 0.0361. The normalized spacial score (nSPS) is 17.0. The Morgan fingerprint density at radius 2 is 2.04 bits per heavy atom. The molecule has 2 amide bonds. The number of halogens is 2. The third kappa shape index (κ3) is 4.45. The molecule has 0 spiro atoms. The van der Waals surface area contributed by atoms with Gasteiger partial charge in [-0.1, -0.05) is 46.3 Å². The van der Waals surface area contributed by atoms with Crippen LogP contribution in [0.5, 0.6) is 0 Å². The Morgan fingerprint density at radius 1 is 1.24 bits per heavy atom. The summed E-state index contributed by atoms with van der Waals surface area (Å²) in [7, 11) is 0. The number of hydrogen-bond donors (Lipinski definition) is 1. The van der Waals surface area contributed by atoms with Crippen LogP contribution in [0, 0.1) is 11.7 Å². The van der Waals surface area contributed by atoms with Crippen molar-refractivity contribution in [2.75, 3.05) is 6.54 Å². The van der Waals surface area contributed by atoms with Crippen LogP contribution in [0.2, 0.25) is 0 Å². The Bertz CT molecular complexity index is 796. The van der Waals surface area contributed by atoms with Crippen molar-refractivity contribution in [2.24, 2.45) is 5.92 Å². The van der Waals surface area contributed by atoms with Crippen LogP contribution in [-0.4, -0.2) is 23.3 Å². The molecule has 0 unspecified atom stereocenters. The Balaban J connectivity index is 1.56. The summed E-state index contributed by atoms with van der Waals surface area (Å²) in [6, 6.07) is 14.1. The fourth-order valence-electron chi connectivity index (χ4n) is 2.92. The lowest BCUT2D eigenvalue weighted by molar-refractivity contribution is -0.129. The van der Waals surface area contributed by atoms with Crippen LogP contribution < -0.4 is 5.32 Å². The van der Waals surface area contributed by atoms with E-state index in [0.717, 1.165) is 10.0 Å². The number of rotatable bonds is 5. The molecule has 25 heavy (non-hydrogen) atoms. The molecular weight excluding hydrogens is 387 g/mol. The Labute approximate surface area is 154 Å². The van der Waals surface area contributed by atoms with E-state index < -0.39 is 5.92 Å². The van der Waals surface area contributed by atoms with Gasteiger partial charge in [0.15, 0.2) is 0 Å². The summed E-state index contributed by atoms with van der Waals surface area (Å²) in [6.45, 7) is 0.992. The van der Waals surface area contributed by atoms with Gasteiger partial charge in [-0.15, -0.1) is 0 Å². The molecule has 0 aliphatic carbocycles. The number of nitrogens with one attached hydrogen (secondary N) is 1. The summed E-state index contributed by atoms with van der Waals surface area (Å²) < 4.78 is 14.6. The van der Waals surface area contributed by atoms with E-state index in [9.17, 15) is 14.0 Å². The van der Waals surface area contributed by atoms with Crippen LogP contribution in [-0.2, 0) is 22.7 Å². The van der Waals surface area contributed by atoms with Crippen molar-refractivity contribution >= 4 is 27.7 Å². The van der Waals surface area contributed by atoms with E-state index in [1.807, 2.05) is 24.3 Å². The molecule has 1 fully saturated rings. The molecule has 0 bridgehead atoms. The fourth-order valence-corrected chi connectivity index (χ4v) is 3.37. The van der Waals surface area contributed by atoms with E-state index in [2.05, 4.69) is 21.2 Å². The predicted octanol–water partition coefficient (Wildman–Crippen LogP) is 3.25. The van der Waals surface area contributed by atoms with E-state index >= 15 is 0 Å². The lowest BCUT2D eigenvalue weighted by Crippen LogP contribution is -2.32. The van der Waals surface area contributed by atoms with Crippen molar-refractivity contribution in [3.05, 3.63) is 69.9 Å². The zero-order chi connectivity index (χ0) is 17.8. The first-order chi connectivity index (χ1) is 12.0. The van der Waals surface area contributed by atoms with Gasteiger partial charge in [0.05, 0.1) is 5.92 Å².